The number of aryl methyl sites for hydroxylation is 1. The van der Waals surface area contributed by atoms with Crippen molar-refractivity contribution in [3.05, 3.63) is 52.3 Å². The van der Waals surface area contributed by atoms with Gasteiger partial charge in [-0.2, -0.15) is 37.2 Å². The number of imidazole rings is 1. The third kappa shape index (κ3) is 7.11. The summed E-state index contributed by atoms with van der Waals surface area (Å²) in [6.07, 6.45) is -0.937. The second-order valence-corrected chi connectivity index (χ2v) is 13.8. The molecule has 0 radical (unpaired) electrons. The van der Waals surface area contributed by atoms with Gasteiger partial charge < -0.3 is 20.3 Å². The number of nitrogens with zero attached hydrogens (tertiary/aromatic N) is 9. The number of carbonyl (C=O) groups excluding carboxylic acids is 1. The Hall–Kier alpha value is -4.89. The summed E-state index contributed by atoms with van der Waals surface area (Å²) in [5, 5.41) is 8.92. The lowest BCUT2D eigenvalue weighted by Crippen LogP contribution is -2.56. The third-order valence-electron chi connectivity index (χ3n) is 9.87. The van der Waals surface area contributed by atoms with Gasteiger partial charge >= 0.3 is 24.8 Å². The monoisotopic (exact) mass is 764 g/mol. The predicted molar refractivity (Wildman–Crippen MR) is 183 cm³/mol. The first kappa shape index (κ1) is 37.9. The number of hydrogen-bond acceptors (Lipinski definition) is 10. The third-order valence-corrected chi connectivity index (χ3v) is 10.2. The number of fused-ring (bicyclic) bond motifs is 1. The maximum Gasteiger partial charge on any atom is 0.418 e. The van der Waals surface area contributed by atoms with Crippen LogP contribution >= 0.6 is 11.6 Å². The van der Waals surface area contributed by atoms with E-state index < -0.39 is 70.1 Å². The predicted octanol–water partition coefficient (Wildman–Crippen LogP) is 6.87. The maximum atomic E-state index is 16.9. The Labute approximate surface area is 305 Å². The van der Waals surface area contributed by atoms with E-state index in [1.807, 2.05) is 7.05 Å². The van der Waals surface area contributed by atoms with E-state index in [9.17, 15) is 32.0 Å². The number of rotatable bonds is 7. The molecular weight excluding hydrogens is 730 g/mol. The Balaban J connectivity index is 1.46. The summed E-state index contributed by atoms with van der Waals surface area (Å²) in [6, 6.07) is 0.323. The van der Waals surface area contributed by atoms with E-state index in [2.05, 4.69) is 24.8 Å². The number of nitrogen functional groups attached to an aromatic ring is 1. The lowest BCUT2D eigenvalue weighted by molar-refractivity contribution is -0.137. The molecule has 1 unspecified atom stereocenters. The molecule has 5 heterocycles. The van der Waals surface area contributed by atoms with E-state index in [4.69, 9.17) is 22.1 Å². The number of piperidine rings is 1. The average Bonchev–Trinajstić information content (AvgIpc) is 3.71. The zero-order valence-corrected chi connectivity index (χ0v) is 29.8. The molecule has 0 spiro atoms. The molecule has 4 aromatic rings. The molecule has 1 amide bonds. The van der Waals surface area contributed by atoms with Crippen molar-refractivity contribution in [3.8, 4) is 23.3 Å². The van der Waals surface area contributed by atoms with Crippen LogP contribution in [0.4, 0.5) is 42.8 Å². The molecule has 19 heteroatoms. The Morgan fingerprint density at radius 3 is 2.49 bits per heavy atom. The minimum Gasteiger partial charge on any atom is -0.462 e. The first-order valence-electron chi connectivity index (χ1n) is 16.7. The van der Waals surface area contributed by atoms with E-state index in [-0.39, 0.29) is 59.9 Å². The number of likely N-dealkylation sites (tertiary alicyclic amines) is 1. The van der Waals surface area contributed by atoms with Crippen LogP contribution in [0.15, 0.2) is 24.5 Å². The summed E-state index contributed by atoms with van der Waals surface area (Å²) >= 11 is 6.61. The number of pyridine rings is 1. The normalized spacial score (nSPS) is 21.0. The molecule has 3 aromatic heterocycles. The SMILES string of the molecule is Cc1cc(N)nc(-c2c(Cl)cc3c(N4[C@H](C)CC(N(C(=O)n5ccnc5C#N)C(F)F)C[C@@H]4C)nc(OC[C@@H]4CCCN4C)nc3c2F)c1C(F)(F)F. The number of anilines is 2. The number of ether oxygens (including phenoxy) is 1. The summed E-state index contributed by atoms with van der Waals surface area (Å²) < 4.78 is 95.8. The van der Waals surface area contributed by atoms with Gasteiger partial charge in [0.25, 0.3) is 0 Å². The van der Waals surface area contributed by atoms with E-state index in [0.29, 0.717) is 4.90 Å². The first-order chi connectivity index (χ1) is 25.0. The van der Waals surface area contributed by atoms with Crippen molar-refractivity contribution < 1.29 is 35.9 Å². The number of halogens is 7. The summed E-state index contributed by atoms with van der Waals surface area (Å²) in [4.78, 5) is 34.1. The number of carbonyl (C=O) groups is 1. The van der Waals surface area contributed by atoms with Crippen LogP contribution in [0, 0.1) is 24.1 Å². The van der Waals surface area contributed by atoms with E-state index >= 15 is 4.39 Å². The van der Waals surface area contributed by atoms with E-state index in [0.717, 1.165) is 42.4 Å². The van der Waals surface area contributed by atoms with Crippen LogP contribution in [0.3, 0.4) is 0 Å². The van der Waals surface area contributed by atoms with Gasteiger partial charge in [-0.3, -0.25) is 4.90 Å². The number of benzene rings is 1. The highest BCUT2D eigenvalue weighted by Gasteiger charge is 2.42. The molecule has 2 saturated heterocycles. The number of hydrogen-bond donors (Lipinski definition) is 1. The highest BCUT2D eigenvalue weighted by molar-refractivity contribution is 6.34. The fourth-order valence-electron chi connectivity index (χ4n) is 7.49. The molecule has 6 rings (SSSR count). The summed E-state index contributed by atoms with van der Waals surface area (Å²) in [7, 11) is 1.93. The Bertz CT molecular complexity index is 2080. The molecule has 2 fully saturated rings. The van der Waals surface area contributed by atoms with Crippen molar-refractivity contribution in [3.63, 3.8) is 0 Å². The molecular formula is C34H35ClF6N10O2. The molecule has 4 atom stereocenters. The van der Waals surface area contributed by atoms with Gasteiger partial charge in [-0.25, -0.2) is 23.7 Å². The van der Waals surface area contributed by atoms with Crippen LogP contribution in [0.25, 0.3) is 22.2 Å². The Morgan fingerprint density at radius 1 is 1.19 bits per heavy atom. The van der Waals surface area contributed by atoms with Gasteiger partial charge in [0, 0.05) is 41.9 Å². The van der Waals surface area contributed by atoms with Gasteiger partial charge in [-0.15, -0.1) is 0 Å². The van der Waals surface area contributed by atoms with Crippen LogP contribution < -0.4 is 15.4 Å². The minimum absolute atomic E-state index is 0.000640. The van der Waals surface area contributed by atoms with Crippen molar-refractivity contribution >= 4 is 40.2 Å². The largest absolute Gasteiger partial charge is 0.462 e. The zero-order valence-electron chi connectivity index (χ0n) is 29.0. The van der Waals surface area contributed by atoms with Crippen molar-refractivity contribution in [1.82, 2.24) is 34.3 Å². The standard InChI is InChI=1S/C34H35ClF6N10O2/c1-16-10-23(43)45-29(26(16)34(39,40)41)25-22(35)13-21-28(27(25)36)46-32(53-15-19-6-5-8-48(19)4)47-30(21)50-17(2)11-20(12-18(50)3)51(31(37)38)33(52)49-9-7-44-24(49)14-42/h7,9-10,13,17-20,31H,5-6,8,11-12,15H2,1-4H3,(H2,43,45)/t17-,18+,19-,20?/m0/s1. The average molecular weight is 765 g/mol. The molecule has 2 aliphatic rings. The second-order valence-electron chi connectivity index (χ2n) is 13.4. The molecule has 0 saturated carbocycles. The van der Waals surface area contributed by atoms with Gasteiger partial charge in [0.1, 0.15) is 29.8 Å². The number of nitriles is 1. The highest BCUT2D eigenvalue weighted by Crippen LogP contribution is 2.45. The van der Waals surface area contributed by atoms with Crippen molar-refractivity contribution in [2.75, 3.05) is 30.8 Å². The number of nitrogens with two attached hydrogens (primary N) is 1. The van der Waals surface area contributed by atoms with Crippen molar-refractivity contribution in [1.29, 1.82) is 5.26 Å². The van der Waals surface area contributed by atoms with Crippen molar-refractivity contribution in [2.24, 2.45) is 0 Å². The van der Waals surface area contributed by atoms with Crippen molar-refractivity contribution in [2.45, 2.75) is 83.3 Å². The molecule has 2 aliphatic heterocycles. The number of amides is 1. The van der Waals surface area contributed by atoms with Gasteiger partial charge in [-0.1, -0.05) is 11.6 Å². The lowest BCUT2D eigenvalue weighted by Gasteiger charge is -2.46. The Kier molecular flexibility index (Phi) is 10.4. The maximum absolute atomic E-state index is 16.9. The van der Waals surface area contributed by atoms with Gasteiger partial charge in [0.15, 0.2) is 5.82 Å². The van der Waals surface area contributed by atoms with Gasteiger partial charge in [0.2, 0.25) is 5.82 Å². The zero-order chi connectivity index (χ0) is 38.5. The van der Waals surface area contributed by atoms with Crippen LogP contribution in [0.2, 0.25) is 5.02 Å². The van der Waals surface area contributed by atoms with Crippen LogP contribution in [-0.4, -0.2) is 91.3 Å². The molecule has 1 aromatic carbocycles. The fraction of sp³-hybridized carbons (Fsp3) is 0.471. The highest BCUT2D eigenvalue weighted by atomic mass is 35.5. The number of likely N-dealkylation sites (N-methyl/N-ethyl adjacent to an activating group) is 1. The van der Waals surface area contributed by atoms with Crippen LogP contribution in [-0.2, 0) is 6.18 Å². The summed E-state index contributed by atoms with van der Waals surface area (Å²) in [5.41, 5.74) is 2.43. The van der Waals surface area contributed by atoms with E-state index in [1.54, 1.807) is 24.8 Å². The quantitative estimate of drug-likeness (QED) is 0.157. The second kappa shape index (κ2) is 14.5. The smallest absolute Gasteiger partial charge is 0.418 e. The Morgan fingerprint density at radius 2 is 1.89 bits per heavy atom. The lowest BCUT2D eigenvalue weighted by atomic mass is 9.91. The van der Waals surface area contributed by atoms with Crippen LogP contribution in [0.5, 0.6) is 6.01 Å². The topological polar surface area (TPSA) is 142 Å². The molecule has 12 nitrogen and oxygen atoms in total. The van der Waals surface area contributed by atoms with Gasteiger partial charge in [-0.05, 0) is 77.7 Å². The number of aromatic nitrogens is 5. The molecule has 53 heavy (non-hydrogen) atoms. The molecule has 282 valence electrons. The fourth-order valence-corrected chi connectivity index (χ4v) is 7.77. The molecule has 0 bridgehead atoms. The minimum atomic E-state index is -4.94. The van der Waals surface area contributed by atoms with Gasteiger partial charge in [0.05, 0.1) is 21.8 Å². The molecule has 0 aliphatic carbocycles. The van der Waals surface area contributed by atoms with Crippen LogP contribution in [0.1, 0.15) is 56.5 Å². The summed E-state index contributed by atoms with van der Waals surface area (Å²) in [6.45, 7) is 2.34. The number of alkyl halides is 5. The first-order valence-corrected chi connectivity index (χ1v) is 17.1. The summed E-state index contributed by atoms with van der Waals surface area (Å²) in [5.74, 6) is -1.76. The van der Waals surface area contributed by atoms with E-state index in [1.165, 1.54) is 13.0 Å². The molecule has 2 N–H and O–H groups in total.